The lowest BCUT2D eigenvalue weighted by molar-refractivity contribution is 0.272. The van der Waals surface area contributed by atoms with Crippen molar-refractivity contribution in [1.29, 1.82) is 0 Å². The second kappa shape index (κ2) is 9.15. The first-order valence-electron chi connectivity index (χ1n) is 11.5. The van der Waals surface area contributed by atoms with Gasteiger partial charge < -0.3 is 21.4 Å². The molecular formula is C24H31ClN6. The fourth-order valence-corrected chi connectivity index (χ4v) is 5.36. The predicted octanol–water partition coefficient (Wildman–Crippen LogP) is 4.86. The van der Waals surface area contributed by atoms with E-state index in [2.05, 4.69) is 37.7 Å². The fraction of sp³-hybridized carbons (Fsp3) is 0.500. The largest absolute Gasteiger partial charge is 0.367 e. The number of aromatic nitrogens is 3. The number of rotatable bonds is 5. The van der Waals surface area contributed by atoms with E-state index < -0.39 is 0 Å². The summed E-state index contributed by atoms with van der Waals surface area (Å²) in [5.41, 5.74) is 9.07. The normalized spacial score (nSPS) is 26.8. The number of nitrogens with two attached hydrogens (primary N) is 1. The smallest absolute Gasteiger partial charge is 0.137 e. The summed E-state index contributed by atoms with van der Waals surface area (Å²) in [7, 11) is 0. The van der Waals surface area contributed by atoms with Crippen molar-refractivity contribution in [2.24, 2.45) is 5.73 Å². The maximum absolute atomic E-state index is 6.38. The highest BCUT2D eigenvalue weighted by atomic mass is 35.5. The van der Waals surface area contributed by atoms with Crippen molar-refractivity contribution in [3.8, 4) is 11.1 Å². The molecule has 2 saturated carbocycles. The Kier molecular flexibility index (Phi) is 6.12. The predicted molar refractivity (Wildman–Crippen MR) is 127 cm³/mol. The van der Waals surface area contributed by atoms with E-state index in [1.807, 2.05) is 18.3 Å². The van der Waals surface area contributed by atoms with Crippen molar-refractivity contribution in [1.82, 2.24) is 20.3 Å². The van der Waals surface area contributed by atoms with Crippen LogP contribution in [0.5, 0.6) is 0 Å². The summed E-state index contributed by atoms with van der Waals surface area (Å²) in [4.78, 5) is 12.2. The summed E-state index contributed by atoms with van der Waals surface area (Å²) >= 11 is 6.38. The molecule has 3 heterocycles. The maximum atomic E-state index is 6.38. The van der Waals surface area contributed by atoms with Crippen molar-refractivity contribution < 1.29 is 0 Å². The van der Waals surface area contributed by atoms with Gasteiger partial charge in [-0.25, -0.2) is 9.97 Å². The van der Waals surface area contributed by atoms with Crippen LogP contribution in [0.15, 0.2) is 36.7 Å². The number of anilines is 1. The molecule has 0 atom stereocenters. The number of halogens is 1. The topological polar surface area (TPSA) is 91.7 Å². The average Bonchev–Trinajstić information content (AvgIpc) is 3.21. The standard InChI is InChI=1S/C24H31ClN6/c25-22-12-15(21-14-28-24-20(21)2-1-11-27-24)13-23(31-22)30-19-9-7-18(8-10-19)29-17-5-3-16(26)4-6-17/h1-2,11-14,16-19,29H,3-10,26H2,(H,27,28)(H,30,31)/t16?,17?,18-,19-. The Morgan fingerprint density at radius 3 is 2.45 bits per heavy atom. The molecule has 0 unspecified atom stereocenters. The third-order valence-electron chi connectivity index (χ3n) is 6.88. The number of H-pyrrole nitrogens is 1. The number of hydrogen-bond donors (Lipinski definition) is 4. The van der Waals surface area contributed by atoms with Gasteiger partial charge in [0.2, 0.25) is 0 Å². The van der Waals surface area contributed by atoms with Crippen LogP contribution in [0.1, 0.15) is 51.4 Å². The quantitative estimate of drug-likeness (QED) is 0.427. The second-order valence-corrected chi connectivity index (χ2v) is 9.52. The summed E-state index contributed by atoms with van der Waals surface area (Å²) in [6, 6.07) is 10.2. The van der Waals surface area contributed by atoms with Crippen molar-refractivity contribution in [3.05, 3.63) is 41.8 Å². The number of hydrogen-bond acceptors (Lipinski definition) is 5. The van der Waals surface area contributed by atoms with Gasteiger partial charge in [-0.05, 0) is 81.2 Å². The van der Waals surface area contributed by atoms with Gasteiger partial charge in [0.25, 0.3) is 0 Å². The zero-order valence-corrected chi connectivity index (χ0v) is 18.5. The van der Waals surface area contributed by atoms with Crippen molar-refractivity contribution >= 4 is 28.5 Å². The number of fused-ring (bicyclic) bond motifs is 1. The summed E-state index contributed by atoms with van der Waals surface area (Å²) in [5.74, 6) is 0.846. The van der Waals surface area contributed by atoms with Gasteiger partial charge in [-0.2, -0.15) is 0 Å². The van der Waals surface area contributed by atoms with Gasteiger partial charge in [-0.1, -0.05) is 11.6 Å². The molecule has 7 heteroatoms. The number of pyridine rings is 2. The molecule has 0 aromatic carbocycles. The second-order valence-electron chi connectivity index (χ2n) is 9.14. The van der Waals surface area contributed by atoms with Crippen LogP contribution in [0, 0.1) is 0 Å². The van der Waals surface area contributed by atoms with E-state index in [0.29, 0.717) is 29.3 Å². The molecule has 2 aliphatic carbocycles. The third-order valence-corrected chi connectivity index (χ3v) is 7.07. The van der Waals surface area contributed by atoms with E-state index >= 15 is 0 Å². The Morgan fingerprint density at radius 2 is 1.68 bits per heavy atom. The summed E-state index contributed by atoms with van der Waals surface area (Å²) in [6.45, 7) is 0. The zero-order chi connectivity index (χ0) is 21.2. The lowest BCUT2D eigenvalue weighted by Gasteiger charge is -2.35. The molecule has 5 N–H and O–H groups in total. The lowest BCUT2D eigenvalue weighted by Crippen LogP contribution is -2.45. The van der Waals surface area contributed by atoms with Crippen LogP contribution in [0.2, 0.25) is 5.15 Å². The molecule has 6 nitrogen and oxygen atoms in total. The van der Waals surface area contributed by atoms with Gasteiger partial charge >= 0.3 is 0 Å². The Morgan fingerprint density at radius 1 is 0.968 bits per heavy atom. The minimum atomic E-state index is 0.411. The fourth-order valence-electron chi connectivity index (χ4n) is 5.15. The molecule has 0 spiro atoms. The van der Waals surface area contributed by atoms with E-state index in [-0.39, 0.29) is 0 Å². The summed E-state index contributed by atoms with van der Waals surface area (Å²) in [5, 5.41) is 9.12. The van der Waals surface area contributed by atoms with Crippen molar-refractivity contribution in [2.75, 3.05) is 5.32 Å². The van der Waals surface area contributed by atoms with Crippen LogP contribution in [-0.4, -0.2) is 39.1 Å². The average molecular weight is 439 g/mol. The van der Waals surface area contributed by atoms with Gasteiger partial charge in [-0.15, -0.1) is 0 Å². The molecule has 0 radical (unpaired) electrons. The van der Waals surface area contributed by atoms with E-state index in [4.69, 9.17) is 17.3 Å². The lowest BCUT2D eigenvalue weighted by atomic mass is 9.87. The molecule has 0 saturated heterocycles. The van der Waals surface area contributed by atoms with Crippen LogP contribution in [0.3, 0.4) is 0 Å². The third kappa shape index (κ3) is 4.86. The van der Waals surface area contributed by atoms with Crippen LogP contribution in [-0.2, 0) is 0 Å². The first-order chi connectivity index (χ1) is 15.1. The zero-order valence-electron chi connectivity index (χ0n) is 17.8. The molecule has 164 valence electrons. The van der Waals surface area contributed by atoms with Crippen LogP contribution in [0.25, 0.3) is 22.2 Å². The summed E-state index contributed by atoms with van der Waals surface area (Å²) in [6.07, 6.45) is 13.2. The molecule has 3 aromatic rings. The Hall–Kier alpha value is -2.15. The number of aromatic amines is 1. The van der Waals surface area contributed by atoms with Crippen LogP contribution in [0.4, 0.5) is 5.82 Å². The van der Waals surface area contributed by atoms with Crippen molar-refractivity contribution in [2.45, 2.75) is 75.5 Å². The van der Waals surface area contributed by atoms with Crippen LogP contribution >= 0.6 is 11.6 Å². The van der Waals surface area contributed by atoms with E-state index in [1.165, 1.54) is 25.7 Å². The van der Waals surface area contributed by atoms with E-state index in [0.717, 1.165) is 53.7 Å². The Balaban J connectivity index is 1.21. The first-order valence-corrected chi connectivity index (χ1v) is 11.9. The maximum Gasteiger partial charge on any atom is 0.137 e. The molecule has 31 heavy (non-hydrogen) atoms. The Bertz CT molecular complexity index is 1020. The minimum absolute atomic E-state index is 0.411. The van der Waals surface area contributed by atoms with Gasteiger partial charge in [0.1, 0.15) is 16.6 Å². The Labute approximate surface area is 188 Å². The van der Waals surface area contributed by atoms with E-state index in [1.54, 1.807) is 6.20 Å². The van der Waals surface area contributed by atoms with Crippen LogP contribution < -0.4 is 16.4 Å². The molecule has 2 aliphatic rings. The highest BCUT2D eigenvalue weighted by Gasteiger charge is 2.25. The van der Waals surface area contributed by atoms with Crippen molar-refractivity contribution in [3.63, 3.8) is 0 Å². The van der Waals surface area contributed by atoms with Gasteiger partial charge in [0.05, 0.1) is 0 Å². The molecule has 3 aromatic heterocycles. The van der Waals surface area contributed by atoms with Gasteiger partial charge in [0.15, 0.2) is 0 Å². The highest BCUT2D eigenvalue weighted by Crippen LogP contribution is 2.32. The number of nitrogens with zero attached hydrogens (tertiary/aromatic N) is 2. The monoisotopic (exact) mass is 438 g/mol. The summed E-state index contributed by atoms with van der Waals surface area (Å²) < 4.78 is 0. The highest BCUT2D eigenvalue weighted by molar-refractivity contribution is 6.29. The molecule has 0 amide bonds. The van der Waals surface area contributed by atoms with E-state index in [9.17, 15) is 0 Å². The van der Waals surface area contributed by atoms with Gasteiger partial charge in [0, 0.05) is 47.5 Å². The minimum Gasteiger partial charge on any atom is -0.367 e. The molecule has 0 aliphatic heterocycles. The number of nitrogens with one attached hydrogen (secondary N) is 3. The molecule has 5 rings (SSSR count). The first kappa shape index (κ1) is 20.7. The molecule has 0 bridgehead atoms. The molecule has 2 fully saturated rings. The SMILES string of the molecule is NC1CCC(N[C@H]2CC[C@H](Nc3cc(-c4c[nH]c5ncccc45)cc(Cl)n3)CC2)CC1. The molecular weight excluding hydrogens is 408 g/mol. The van der Waals surface area contributed by atoms with Gasteiger partial charge in [-0.3, -0.25) is 0 Å².